The van der Waals surface area contributed by atoms with Crippen LogP contribution < -0.4 is 16.0 Å². The number of hydrogen-bond acceptors (Lipinski definition) is 7. The zero-order chi connectivity index (χ0) is 26.3. The fourth-order valence-corrected chi connectivity index (χ4v) is 2.71. The Bertz CT molecular complexity index is 770. The maximum absolute atomic E-state index is 13.0. The highest BCUT2D eigenvalue weighted by molar-refractivity contribution is 6.25. The molecule has 0 aromatic rings. The third kappa shape index (κ3) is 15.5. The standard InChI is InChI=1S/C22H37N5O7/c1-14(2)33-20(31)18(11-10-16(29)13-25-23)26-19(30)17(9-7-8-12-24-15(3)28)27-21(32)34-22(4,5)6/h13-14,17-18H,7-12H2,1-6H3,(H,24,28)(H,26,30)(H,27,32). The van der Waals surface area contributed by atoms with Gasteiger partial charge in [0.15, 0.2) is 0 Å². The molecular formula is C22H37N5O7. The molecule has 34 heavy (non-hydrogen) atoms. The molecule has 2 atom stereocenters. The lowest BCUT2D eigenvalue weighted by atomic mass is 10.1. The number of nitrogens with one attached hydrogen (secondary N) is 3. The molecule has 2 unspecified atom stereocenters. The SMILES string of the molecule is CC(=O)NCCCCC(NC(=O)OC(C)(C)C)C(=O)NC(CCC(=O)C=[N+]=[N-])C(=O)OC(C)C. The van der Waals surface area contributed by atoms with Gasteiger partial charge >= 0.3 is 18.3 Å². The molecule has 0 spiro atoms. The van der Waals surface area contributed by atoms with Crippen molar-refractivity contribution in [2.75, 3.05) is 6.54 Å². The molecule has 0 bridgehead atoms. The first-order valence-electron chi connectivity index (χ1n) is 11.2. The minimum Gasteiger partial charge on any atom is -0.461 e. The van der Waals surface area contributed by atoms with Crippen LogP contribution in [0.15, 0.2) is 0 Å². The molecule has 12 nitrogen and oxygen atoms in total. The van der Waals surface area contributed by atoms with E-state index < -0.39 is 47.5 Å². The van der Waals surface area contributed by atoms with Gasteiger partial charge in [-0.15, -0.1) is 0 Å². The molecule has 0 radical (unpaired) electrons. The fourth-order valence-electron chi connectivity index (χ4n) is 2.71. The van der Waals surface area contributed by atoms with Gasteiger partial charge in [-0.1, -0.05) is 0 Å². The van der Waals surface area contributed by atoms with Crippen LogP contribution in [0.2, 0.25) is 0 Å². The normalized spacial score (nSPS) is 12.6. The molecule has 192 valence electrons. The molecule has 0 saturated carbocycles. The van der Waals surface area contributed by atoms with Crippen LogP contribution in [0.3, 0.4) is 0 Å². The van der Waals surface area contributed by atoms with Crippen molar-refractivity contribution in [1.82, 2.24) is 16.0 Å². The van der Waals surface area contributed by atoms with Crippen LogP contribution in [0.5, 0.6) is 0 Å². The second-order valence-corrected chi connectivity index (χ2v) is 8.97. The topological polar surface area (TPSA) is 176 Å². The molecule has 0 heterocycles. The highest BCUT2D eigenvalue weighted by Crippen LogP contribution is 2.10. The Balaban J connectivity index is 5.38. The van der Waals surface area contributed by atoms with Crippen molar-refractivity contribution >= 4 is 35.9 Å². The van der Waals surface area contributed by atoms with Crippen molar-refractivity contribution in [2.45, 2.75) is 97.4 Å². The minimum absolute atomic E-state index is 0.0934. The highest BCUT2D eigenvalue weighted by Gasteiger charge is 2.29. The first-order valence-corrected chi connectivity index (χ1v) is 11.2. The van der Waals surface area contributed by atoms with Gasteiger partial charge in [-0.05, 0) is 60.3 Å². The molecule has 0 aliphatic heterocycles. The Hall–Kier alpha value is -3.27. The van der Waals surface area contributed by atoms with E-state index in [1.165, 1.54) is 6.92 Å². The first kappa shape index (κ1) is 30.7. The minimum atomic E-state index is -1.16. The summed E-state index contributed by atoms with van der Waals surface area (Å²) in [5.41, 5.74) is 7.69. The molecular weight excluding hydrogens is 446 g/mol. The summed E-state index contributed by atoms with van der Waals surface area (Å²) in [5.74, 6) is -2.10. The monoisotopic (exact) mass is 483 g/mol. The average Bonchev–Trinajstić information content (AvgIpc) is 2.67. The van der Waals surface area contributed by atoms with Gasteiger partial charge in [0.2, 0.25) is 17.6 Å². The van der Waals surface area contributed by atoms with Crippen molar-refractivity contribution in [3.05, 3.63) is 5.53 Å². The molecule has 12 heteroatoms. The van der Waals surface area contributed by atoms with E-state index in [4.69, 9.17) is 15.0 Å². The number of carbonyl (C=O) groups excluding carboxylic acids is 5. The third-order valence-electron chi connectivity index (χ3n) is 4.13. The number of unbranched alkanes of at least 4 members (excludes halogenated alkanes) is 1. The number of ether oxygens (including phenoxy) is 2. The maximum atomic E-state index is 13.0. The van der Waals surface area contributed by atoms with Crippen LogP contribution in [-0.2, 0) is 28.7 Å². The molecule has 0 fully saturated rings. The number of ketones is 1. The number of amides is 3. The van der Waals surface area contributed by atoms with Gasteiger partial charge in [-0.3, -0.25) is 14.4 Å². The van der Waals surface area contributed by atoms with Gasteiger partial charge in [0.05, 0.1) is 6.10 Å². The summed E-state index contributed by atoms with van der Waals surface area (Å²) in [7, 11) is 0. The number of Topliss-reactive ketones (excluding diaryl/α,β-unsaturated/α-hetero) is 1. The predicted octanol–water partition coefficient (Wildman–Crippen LogP) is 1.27. The highest BCUT2D eigenvalue weighted by atomic mass is 16.6. The summed E-state index contributed by atoms with van der Waals surface area (Å²) >= 11 is 0. The zero-order valence-electron chi connectivity index (χ0n) is 20.8. The smallest absolute Gasteiger partial charge is 0.408 e. The third-order valence-corrected chi connectivity index (χ3v) is 4.13. The second kappa shape index (κ2) is 15.5. The average molecular weight is 484 g/mol. The van der Waals surface area contributed by atoms with Crippen LogP contribution >= 0.6 is 0 Å². The zero-order valence-corrected chi connectivity index (χ0v) is 20.8. The van der Waals surface area contributed by atoms with Gasteiger partial charge in [-0.25, -0.2) is 9.59 Å². The number of alkyl carbamates (subject to hydrolysis) is 1. The van der Waals surface area contributed by atoms with Crippen molar-refractivity contribution in [1.29, 1.82) is 0 Å². The van der Waals surface area contributed by atoms with Gasteiger partial charge in [-0.2, -0.15) is 4.79 Å². The number of rotatable bonds is 14. The first-order chi connectivity index (χ1) is 15.7. The summed E-state index contributed by atoms with van der Waals surface area (Å²) in [6.45, 7) is 10.1. The molecule has 0 aromatic heterocycles. The maximum Gasteiger partial charge on any atom is 0.408 e. The van der Waals surface area contributed by atoms with E-state index in [0.717, 1.165) is 0 Å². The lowest BCUT2D eigenvalue weighted by Crippen LogP contribution is -2.53. The Kier molecular flexibility index (Phi) is 14.1. The number of carbonyl (C=O) groups is 5. The largest absolute Gasteiger partial charge is 0.461 e. The number of esters is 1. The van der Waals surface area contributed by atoms with E-state index in [2.05, 4.69) is 20.7 Å². The van der Waals surface area contributed by atoms with Crippen LogP contribution in [0.4, 0.5) is 4.79 Å². The molecule has 3 N–H and O–H groups in total. The van der Waals surface area contributed by atoms with E-state index in [1.807, 2.05) is 0 Å². The fraction of sp³-hybridized carbons (Fsp3) is 0.727. The van der Waals surface area contributed by atoms with Crippen LogP contribution in [0, 0.1) is 0 Å². The van der Waals surface area contributed by atoms with Crippen LogP contribution in [-0.4, -0.2) is 71.0 Å². The van der Waals surface area contributed by atoms with Crippen molar-refractivity contribution < 1.29 is 38.2 Å². The Morgan fingerprint density at radius 2 is 1.65 bits per heavy atom. The Labute approximate surface area is 200 Å². The summed E-state index contributed by atoms with van der Waals surface area (Å²) in [6, 6.07) is -2.19. The molecule has 0 aliphatic carbocycles. The van der Waals surface area contributed by atoms with Gasteiger partial charge < -0.3 is 31.0 Å². The summed E-state index contributed by atoms with van der Waals surface area (Å²) in [6.07, 6.45) is 0.443. The number of hydrogen-bond donors (Lipinski definition) is 3. The molecule has 3 amide bonds. The van der Waals surface area contributed by atoms with E-state index in [0.29, 0.717) is 25.6 Å². The summed E-state index contributed by atoms with van der Waals surface area (Å²) < 4.78 is 10.4. The van der Waals surface area contributed by atoms with E-state index in [1.54, 1.807) is 34.6 Å². The van der Waals surface area contributed by atoms with E-state index >= 15 is 0 Å². The van der Waals surface area contributed by atoms with Crippen molar-refractivity contribution in [3.8, 4) is 0 Å². The van der Waals surface area contributed by atoms with Crippen LogP contribution in [0.25, 0.3) is 5.53 Å². The Morgan fingerprint density at radius 3 is 2.18 bits per heavy atom. The lowest BCUT2D eigenvalue weighted by Gasteiger charge is -2.25. The summed E-state index contributed by atoms with van der Waals surface area (Å²) in [5, 5.41) is 7.69. The van der Waals surface area contributed by atoms with Gasteiger partial charge in [0.1, 0.15) is 17.7 Å². The Morgan fingerprint density at radius 1 is 1.00 bits per heavy atom. The van der Waals surface area contributed by atoms with Gasteiger partial charge in [0, 0.05) is 19.9 Å². The van der Waals surface area contributed by atoms with Crippen molar-refractivity contribution in [3.63, 3.8) is 0 Å². The molecule has 0 rings (SSSR count). The number of nitrogens with zero attached hydrogens (tertiary/aromatic N) is 2. The quantitative estimate of drug-likeness (QED) is 0.109. The van der Waals surface area contributed by atoms with Gasteiger partial charge in [0.25, 0.3) is 0 Å². The lowest BCUT2D eigenvalue weighted by molar-refractivity contribution is -0.152. The van der Waals surface area contributed by atoms with Crippen molar-refractivity contribution in [2.24, 2.45) is 0 Å². The predicted molar refractivity (Wildman–Crippen MR) is 123 cm³/mol. The summed E-state index contributed by atoms with van der Waals surface area (Å²) in [4.78, 5) is 63.0. The van der Waals surface area contributed by atoms with E-state index in [9.17, 15) is 24.0 Å². The van der Waals surface area contributed by atoms with Crippen LogP contribution in [0.1, 0.15) is 73.6 Å². The molecule has 0 saturated heterocycles. The molecule has 0 aromatic carbocycles. The van der Waals surface area contributed by atoms with E-state index in [-0.39, 0.29) is 25.2 Å². The molecule has 0 aliphatic rings. The second-order valence-electron chi connectivity index (χ2n) is 8.97.